The van der Waals surface area contributed by atoms with Crippen molar-refractivity contribution >= 4 is 11.3 Å². The number of aliphatic hydroxyl groups is 1. The highest BCUT2D eigenvalue weighted by atomic mass is 32.1. The van der Waals surface area contributed by atoms with E-state index in [9.17, 15) is 0 Å². The number of hydrogen-bond acceptors (Lipinski definition) is 3. The van der Waals surface area contributed by atoms with Crippen LogP contribution in [0.2, 0.25) is 0 Å². The zero-order valence-corrected chi connectivity index (χ0v) is 10.8. The van der Waals surface area contributed by atoms with Crippen molar-refractivity contribution < 1.29 is 9.84 Å². The third-order valence-corrected chi connectivity index (χ3v) is 3.94. The number of aliphatic hydroxyl groups excluding tert-OH is 1. The minimum absolute atomic E-state index is 0.0776. The molecule has 1 N–H and O–H groups in total. The average Bonchev–Trinajstić information content (AvgIpc) is 2.83. The molecule has 1 aromatic rings. The second-order valence-corrected chi connectivity index (χ2v) is 5.47. The number of hydrogen-bond donors (Lipinski definition) is 1. The summed E-state index contributed by atoms with van der Waals surface area (Å²) in [4.78, 5) is 2.22. The lowest BCUT2D eigenvalue weighted by atomic mass is 9.98. The van der Waals surface area contributed by atoms with Gasteiger partial charge in [-0.1, -0.05) is 31.1 Å². The van der Waals surface area contributed by atoms with Crippen molar-refractivity contribution in [1.29, 1.82) is 0 Å². The van der Waals surface area contributed by atoms with Crippen LogP contribution in [0.1, 0.15) is 41.9 Å². The Labute approximate surface area is 107 Å². The van der Waals surface area contributed by atoms with Crippen molar-refractivity contribution in [1.82, 2.24) is 0 Å². The molecule has 1 aromatic heterocycles. The molecule has 0 aliphatic heterocycles. The molecule has 0 amide bonds. The topological polar surface area (TPSA) is 29.5 Å². The van der Waals surface area contributed by atoms with Gasteiger partial charge in [-0.25, -0.2) is 0 Å². The molecular formula is C14H18O2S. The first-order chi connectivity index (χ1) is 8.38. The van der Waals surface area contributed by atoms with E-state index < -0.39 is 0 Å². The lowest BCUT2D eigenvalue weighted by Crippen LogP contribution is -2.15. The van der Waals surface area contributed by atoms with Crippen LogP contribution in [0.5, 0.6) is 0 Å². The van der Waals surface area contributed by atoms with E-state index in [2.05, 4.69) is 17.9 Å². The Balaban J connectivity index is 1.80. The van der Waals surface area contributed by atoms with Gasteiger partial charge in [-0.15, -0.1) is 11.3 Å². The van der Waals surface area contributed by atoms with E-state index in [0.29, 0.717) is 12.7 Å². The highest BCUT2D eigenvalue weighted by Crippen LogP contribution is 2.23. The fourth-order valence-electron chi connectivity index (χ4n) is 2.08. The van der Waals surface area contributed by atoms with Crippen LogP contribution in [-0.4, -0.2) is 17.8 Å². The molecule has 17 heavy (non-hydrogen) atoms. The Kier molecular flexibility index (Phi) is 5.06. The smallest absolute Gasteiger partial charge is 0.104 e. The van der Waals surface area contributed by atoms with Crippen molar-refractivity contribution in [2.24, 2.45) is 0 Å². The van der Waals surface area contributed by atoms with Gasteiger partial charge < -0.3 is 9.84 Å². The van der Waals surface area contributed by atoms with Gasteiger partial charge in [0.05, 0.1) is 17.6 Å². The maximum absolute atomic E-state index is 8.61. The van der Waals surface area contributed by atoms with Crippen LogP contribution < -0.4 is 0 Å². The van der Waals surface area contributed by atoms with E-state index in [1.165, 1.54) is 37.0 Å². The van der Waals surface area contributed by atoms with Gasteiger partial charge in [0.15, 0.2) is 0 Å². The minimum atomic E-state index is -0.0776. The second-order valence-electron chi connectivity index (χ2n) is 4.30. The van der Waals surface area contributed by atoms with Crippen molar-refractivity contribution in [3.63, 3.8) is 0 Å². The largest absolute Gasteiger partial charge is 0.384 e. The van der Waals surface area contributed by atoms with Crippen LogP contribution in [0.4, 0.5) is 0 Å². The van der Waals surface area contributed by atoms with Crippen LogP contribution >= 0.6 is 11.3 Å². The highest BCUT2D eigenvalue weighted by Gasteiger charge is 2.13. The molecule has 0 spiro atoms. The third-order valence-electron chi connectivity index (χ3n) is 2.97. The Hall–Kier alpha value is -0.820. The van der Waals surface area contributed by atoms with E-state index in [4.69, 9.17) is 9.84 Å². The summed E-state index contributed by atoms with van der Waals surface area (Å²) >= 11 is 1.65. The monoisotopic (exact) mass is 250 g/mol. The minimum Gasteiger partial charge on any atom is -0.384 e. The lowest BCUT2D eigenvalue weighted by molar-refractivity contribution is 0.0182. The van der Waals surface area contributed by atoms with Crippen molar-refractivity contribution in [2.75, 3.05) is 6.61 Å². The number of rotatable bonds is 3. The molecule has 2 rings (SSSR count). The summed E-state index contributed by atoms with van der Waals surface area (Å²) in [6.45, 7) is 0.627. The normalized spacial score (nSPS) is 16.5. The van der Waals surface area contributed by atoms with Gasteiger partial charge in [0.2, 0.25) is 0 Å². The highest BCUT2D eigenvalue weighted by molar-refractivity contribution is 7.12. The van der Waals surface area contributed by atoms with E-state index in [1.54, 1.807) is 11.3 Å². The van der Waals surface area contributed by atoms with Crippen LogP contribution in [0.25, 0.3) is 0 Å². The van der Waals surface area contributed by atoms with E-state index >= 15 is 0 Å². The standard InChI is InChI=1S/C14H18O2S/c15-10-4-7-13-8-9-14(17-13)11-16-12-5-2-1-3-6-12/h8-9,12,15H,1-3,5-6,10-11H2. The molecule has 3 heteroatoms. The van der Waals surface area contributed by atoms with Crippen molar-refractivity contribution in [3.05, 3.63) is 21.9 Å². The van der Waals surface area contributed by atoms with Gasteiger partial charge in [-0.3, -0.25) is 0 Å². The lowest BCUT2D eigenvalue weighted by Gasteiger charge is -2.21. The van der Waals surface area contributed by atoms with Gasteiger partial charge in [0, 0.05) is 4.88 Å². The molecule has 92 valence electrons. The third kappa shape index (κ3) is 4.16. The first-order valence-electron chi connectivity index (χ1n) is 6.18. The van der Waals surface area contributed by atoms with Gasteiger partial charge in [0.1, 0.15) is 6.61 Å². The molecule has 1 fully saturated rings. The molecule has 0 radical (unpaired) electrons. The van der Waals surface area contributed by atoms with Crippen LogP contribution in [0.3, 0.4) is 0 Å². The quantitative estimate of drug-likeness (QED) is 0.836. The zero-order chi connectivity index (χ0) is 11.9. The maximum Gasteiger partial charge on any atom is 0.104 e. The van der Waals surface area contributed by atoms with E-state index in [1.807, 2.05) is 6.07 Å². The first kappa shape index (κ1) is 12.6. The summed E-state index contributed by atoms with van der Waals surface area (Å²) in [6, 6.07) is 4.06. The molecule has 0 saturated heterocycles. The molecule has 0 bridgehead atoms. The predicted molar refractivity (Wildman–Crippen MR) is 69.9 cm³/mol. The van der Waals surface area contributed by atoms with Gasteiger partial charge in [0.25, 0.3) is 0 Å². The van der Waals surface area contributed by atoms with Crippen molar-refractivity contribution in [2.45, 2.75) is 44.8 Å². The van der Waals surface area contributed by atoms with Crippen molar-refractivity contribution in [3.8, 4) is 11.8 Å². The summed E-state index contributed by atoms with van der Waals surface area (Å²) in [5.74, 6) is 5.57. The Morgan fingerprint density at radius 1 is 1.29 bits per heavy atom. The molecule has 2 nitrogen and oxygen atoms in total. The molecule has 1 heterocycles. The van der Waals surface area contributed by atoms with Crippen LogP contribution in [0.15, 0.2) is 12.1 Å². The average molecular weight is 250 g/mol. The van der Waals surface area contributed by atoms with E-state index in [-0.39, 0.29) is 6.61 Å². The fourth-order valence-corrected chi connectivity index (χ4v) is 2.89. The van der Waals surface area contributed by atoms with Crippen LogP contribution in [0, 0.1) is 11.8 Å². The molecule has 0 aromatic carbocycles. The van der Waals surface area contributed by atoms with Gasteiger partial charge >= 0.3 is 0 Å². The zero-order valence-electron chi connectivity index (χ0n) is 9.95. The number of ether oxygens (including phenoxy) is 1. The SMILES string of the molecule is OCC#Cc1ccc(COC2CCCCC2)s1. The summed E-state index contributed by atoms with van der Waals surface area (Å²) in [5.41, 5.74) is 0. The summed E-state index contributed by atoms with van der Waals surface area (Å²) in [7, 11) is 0. The molecule has 0 unspecified atom stereocenters. The fraction of sp³-hybridized carbons (Fsp3) is 0.571. The van der Waals surface area contributed by atoms with E-state index in [0.717, 1.165) is 4.88 Å². The summed E-state index contributed by atoms with van der Waals surface area (Å²) < 4.78 is 5.90. The molecular weight excluding hydrogens is 232 g/mol. The molecule has 1 saturated carbocycles. The van der Waals surface area contributed by atoms with Gasteiger partial charge in [-0.05, 0) is 25.0 Å². The summed E-state index contributed by atoms with van der Waals surface area (Å²) in [6.07, 6.45) is 6.85. The Morgan fingerprint density at radius 2 is 2.12 bits per heavy atom. The number of thiophene rings is 1. The maximum atomic E-state index is 8.61. The molecule has 1 aliphatic carbocycles. The van der Waals surface area contributed by atoms with Gasteiger partial charge in [-0.2, -0.15) is 0 Å². The first-order valence-corrected chi connectivity index (χ1v) is 7.00. The van der Waals surface area contributed by atoms with Crippen LogP contribution in [-0.2, 0) is 11.3 Å². The Bertz CT molecular complexity index is 394. The predicted octanol–water partition coefficient (Wildman–Crippen LogP) is 2.94. The summed E-state index contributed by atoms with van der Waals surface area (Å²) in [5, 5.41) is 8.61. The molecule has 1 aliphatic rings. The second kappa shape index (κ2) is 6.80. The Morgan fingerprint density at radius 3 is 2.88 bits per heavy atom. The molecule has 0 atom stereocenters.